The summed E-state index contributed by atoms with van der Waals surface area (Å²) in [7, 11) is 0. The Morgan fingerprint density at radius 3 is 2.50 bits per heavy atom. The normalized spacial score (nSPS) is 17.9. The van der Waals surface area contributed by atoms with Gasteiger partial charge in [0.2, 0.25) is 11.8 Å². The Balaban J connectivity index is 2.03. The molecule has 1 saturated heterocycles. The number of likely N-dealkylation sites (tertiary alicyclic amines) is 1. The number of unbranched alkanes of at least 4 members (excludes halogenated alkanes) is 1. The van der Waals surface area contributed by atoms with Crippen molar-refractivity contribution in [2.24, 2.45) is 5.92 Å². The third-order valence-corrected chi connectivity index (χ3v) is 4.29. The molecule has 22 heavy (non-hydrogen) atoms. The molecule has 1 aliphatic rings. The second kappa shape index (κ2) is 6.95. The minimum absolute atomic E-state index is 0.0394. The van der Waals surface area contributed by atoms with Crippen LogP contribution in [0.3, 0.4) is 0 Å². The first-order chi connectivity index (χ1) is 10.4. The summed E-state index contributed by atoms with van der Waals surface area (Å²) in [5.41, 5.74) is 4.21. The molecule has 1 unspecified atom stereocenters. The van der Waals surface area contributed by atoms with Gasteiger partial charge in [-0.3, -0.25) is 9.59 Å². The monoisotopic (exact) mass is 302 g/mol. The van der Waals surface area contributed by atoms with E-state index in [4.69, 9.17) is 0 Å². The van der Waals surface area contributed by atoms with Crippen LogP contribution in [0, 0.1) is 26.7 Å². The van der Waals surface area contributed by atoms with Crippen LogP contribution in [-0.4, -0.2) is 29.8 Å². The average Bonchev–Trinajstić information content (AvgIpc) is 2.81. The van der Waals surface area contributed by atoms with Gasteiger partial charge < -0.3 is 10.2 Å². The third kappa shape index (κ3) is 3.67. The van der Waals surface area contributed by atoms with Crippen LogP contribution in [0.25, 0.3) is 0 Å². The Hall–Kier alpha value is -1.84. The molecule has 0 aromatic heterocycles. The fourth-order valence-electron chi connectivity index (χ4n) is 3.12. The second-order valence-corrected chi connectivity index (χ2v) is 6.36. The minimum atomic E-state index is -0.232. The molecule has 1 fully saturated rings. The highest BCUT2D eigenvalue weighted by atomic mass is 16.2. The Kier molecular flexibility index (Phi) is 5.22. The Morgan fingerprint density at radius 1 is 1.27 bits per heavy atom. The van der Waals surface area contributed by atoms with Crippen LogP contribution >= 0.6 is 0 Å². The van der Waals surface area contributed by atoms with Gasteiger partial charge in [-0.25, -0.2) is 0 Å². The molecule has 1 aliphatic heterocycles. The molecule has 1 atom stereocenters. The first-order valence-corrected chi connectivity index (χ1v) is 8.08. The van der Waals surface area contributed by atoms with Gasteiger partial charge in [-0.05, 0) is 38.3 Å². The summed E-state index contributed by atoms with van der Waals surface area (Å²) >= 11 is 0. The van der Waals surface area contributed by atoms with E-state index in [1.54, 1.807) is 0 Å². The first-order valence-electron chi connectivity index (χ1n) is 8.08. The van der Waals surface area contributed by atoms with Crippen molar-refractivity contribution in [3.05, 3.63) is 28.8 Å². The fraction of sp³-hybridized carbons (Fsp3) is 0.556. The van der Waals surface area contributed by atoms with Crippen molar-refractivity contribution >= 4 is 17.5 Å². The molecule has 4 heteroatoms. The summed E-state index contributed by atoms with van der Waals surface area (Å²) in [4.78, 5) is 26.3. The molecular weight excluding hydrogens is 276 g/mol. The van der Waals surface area contributed by atoms with E-state index in [0.29, 0.717) is 13.0 Å². The zero-order chi connectivity index (χ0) is 16.3. The van der Waals surface area contributed by atoms with Gasteiger partial charge in [0.15, 0.2) is 0 Å². The van der Waals surface area contributed by atoms with E-state index < -0.39 is 0 Å². The maximum absolute atomic E-state index is 12.5. The maximum atomic E-state index is 12.5. The van der Waals surface area contributed by atoms with Gasteiger partial charge in [-0.1, -0.05) is 31.0 Å². The lowest BCUT2D eigenvalue weighted by atomic mass is 10.0. The lowest BCUT2D eigenvalue weighted by Crippen LogP contribution is -2.29. The lowest BCUT2D eigenvalue weighted by Gasteiger charge is -2.17. The number of amides is 2. The molecule has 0 aliphatic carbocycles. The van der Waals surface area contributed by atoms with E-state index in [1.807, 2.05) is 25.7 Å². The number of anilines is 1. The van der Waals surface area contributed by atoms with E-state index in [9.17, 15) is 9.59 Å². The number of aryl methyl sites for hydroxylation is 3. The molecule has 1 heterocycles. The summed E-state index contributed by atoms with van der Waals surface area (Å²) in [5.74, 6) is -0.169. The van der Waals surface area contributed by atoms with E-state index in [0.717, 1.165) is 36.2 Å². The highest BCUT2D eigenvalue weighted by Gasteiger charge is 2.34. The Bertz CT molecular complexity index is 557. The number of rotatable bonds is 5. The molecule has 2 amide bonds. The highest BCUT2D eigenvalue weighted by molar-refractivity contribution is 5.98. The van der Waals surface area contributed by atoms with Crippen LogP contribution < -0.4 is 5.32 Å². The average molecular weight is 302 g/mol. The quantitative estimate of drug-likeness (QED) is 0.908. The van der Waals surface area contributed by atoms with Crippen LogP contribution in [-0.2, 0) is 9.59 Å². The van der Waals surface area contributed by atoms with Crippen molar-refractivity contribution in [2.45, 2.75) is 47.0 Å². The topological polar surface area (TPSA) is 49.4 Å². The van der Waals surface area contributed by atoms with Crippen molar-refractivity contribution in [1.29, 1.82) is 0 Å². The van der Waals surface area contributed by atoms with Crippen molar-refractivity contribution in [3.63, 3.8) is 0 Å². The van der Waals surface area contributed by atoms with Crippen LogP contribution in [0.4, 0.5) is 5.69 Å². The molecule has 1 aromatic rings. The Morgan fingerprint density at radius 2 is 1.91 bits per heavy atom. The lowest BCUT2D eigenvalue weighted by molar-refractivity contribution is -0.128. The predicted octanol–water partition coefficient (Wildman–Crippen LogP) is 3.20. The van der Waals surface area contributed by atoms with Gasteiger partial charge in [-0.15, -0.1) is 0 Å². The summed E-state index contributed by atoms with van der Waals surface area (Å²) in [5, 5.41) is 3.03. The minimum Gasteiger partial charge on any atom is -0.342 e. The molecule has 0 spiro atoms. The number of hydrogen-bond donors (Lipinski definition) is 1. The number of carbonyl (C=O) groups is 2. The van der Waals surface area contributed by atoms with Gasteiger partial charge in [0, 0.05) is 25.2 Å². The maximum Gasteiger partial charge on any atom is 0.229 e. The van der Waals surface area contributed by atoms with Crippen molar-refractivity contribution < 1.29 is 9.59 Å². The SMILES string of the molecule is CCCCN1CC(C(=O)Nc2c(C)cc(C)cc2C)CC1=O. The van der Waals surface area contributed by atoms with E-state index in [2.05, 4.69) is 24.4 Å². The van der Waals surface area contributed by atoms with Gasteiger partial charge in [0.05, 0.1) is 5.92 Å². The van der Waals surface area contributed by atoms with Crippen LogP contribution in [0.15, 0.2) is 12.1 Å². The van der Waals surface area contributed by atoms with Crippen LogP contribution in [0.2, 0.25) is 0 Å². The van der Waals surface area contributed by atoms with Crippen molar-refractivity contribution in [3.8, 4) is 0 Å². The Labute approximate surface area is 132 Å². The van der Waals surface area contributed by atoms with Gasteiger partial charge in [0.25, 0.3) is 0 Å². The van der Waals surface area contributed by atoms with E-state index in [-0.39, 0.29) is 17.7 Å². The number of nitrogens with one attached hydrogen (secondary N) is 1. The van der Waals surface area contributed by atoms with Gasteiger partial charge in [0.1, 0.15) is 0 Å². The van der Waals surface area contributed by atoms with Crippen molar-refractivity contribution in [1.82, 2.24) is 4.90 Å². The zero-order valence-corrected chi connectivity index (χ0v) is 14.0. The van der Waals surface area contributed by atoms with Gasteiger partial charge in [-0.2, -0.15) is 0 Å². The standard InChI is InChI=1S/C18H26N2O2/c1-5-6-7-20-11-15(10-16(20)21)18(22)19-17-13(3)8-12(2)9-14(17)4/h8-9,15H,5-7,10-11H2,1-4H3,(H,19,22). The third-order valence-electron chi connectivity index (χ3n) is 4.29. The van der Waals surface area contributed by atoms with E-state index >= 15 is 0 Å². The fourth-order valence-corrected chi connectivity index (χ4v) is 3.12. The first kappa shape index (κ1) is 16.5. The van der Waals surface area contributed by atoms with Gasteiger partial charge >= 0.3 is 0 Å². The highest BCUT2D eigenvalue weighted by Crippen LogP contribution is 2.25. The molecule has 120 valence electrons. The molecule has 0 saturated carbocycles. The number of benzene rings is 1. The zero-order valence-electron chi connectivity index (χ0n) is 14.0. The molecule has 2 rings (SSSR count). The molecule has 0 radical (unpaired) electrons. The summed E-state index contributed by atoms with van der Waals surface area (Å²) in [6.07, 6.45) is 2.39. The number of nitrogens with zero attached hydrogens (tertiary/aromatic N) is 1. The number of hydrogen-bond acceptors (Lipinski definition) is 2. The molecule has 4 nitrogen and oxygen atoms in total. The predicted molar refractivity (Wildman–Crippen MR) is 88.9 cm³/mol. The molecule has 0 bridgehead atoms. The van der Waals surface area contributed by atoms with Crippen LogP contribution in [0.1, 0.15) is 42.9 Å². The summed E-state index contributed by atoms with van der Waals surface area (Å²) < 4.78 is 0. The number of carbonyl (C=O) groups excluding carboxylic acids is 2. The second-order valence-electron chi connectivity index (χ2n) is 6.36. The smallest absolute Gasteiger partial charge is 0.229 e. The largest absolute Gasteiger partial charge is 0.342 e. The van der Waals surface area contributed by atoms with Crippen LogP contribution in [0.5, 0.6) is 0 Å². The summed E-state index contributed by atoms with van der Waals surface area (Å²) in [6, 6.07) is 4.13. The molecule has 1 N–H and O–H groups in total. The molecular formula is C18H26N2O2. The molecule has 1 aromatic carbocycles. The summed E-state index contributed by atoms with van der Waals surface area (Å²) in [6.45, 7) is 9.47. The van der Waals surface area contributed by atoms with E-state index in [1.165, 1.54) is 5.56 Å². The van der Waals surface area contributed by atoms with Crippen molar-refractivity contribution in [2.75, 3.05) is 18.4 Å².